The lowest BCUT2D eigenvalue weighted by molar-refractivity contribution is -0.384. The van der Waals surface area contributed by atoms with E-state index in [0.29, 0.717) is 22.7 Å². The summed E-state index contributed by atoms with van der Waals surface area (Å²) in [4.78, 5) is 23.8. The molecular formula is C28H21N3O4. The number of nitro benzene ring substituents is 1. The number of benzene rings is 4. The Morgan fingerprint density at radius 3 is 2.40 bits per heavy atom. The third-order valence-corrected chi connectivity index (χ3v) is 5.82. The zero-order valence-corrected chi connectivity index (χ0v) is 18.9. The second kappa shape index (κ2) is 9.23. The van der Waals surface area contributed by atoms with Crippen LogP contribution in [0.3, 0.4) is 0 Å². The number of hydrogen-bond donors (Lipinski definition) is 0. The second-order valence-corrected chi connectivity index (χ2v) is 8.11. The Bertz CT molecular complexity index is 1490. The molecule has 35 heavy (non-hydrogen) atoms. The first kappa shape index (κ1) is 22.0. The fourth-order valence-electron chi connectivity index (χ4n) is 4.00. The molecule has 1 amide bonds. The number of para-hydroxylation sites is 1. The number of hydrazone groups is 1. The quantitative estimate of drug-likeness (QED) is 0.195. The van der Waals surface area contributed by atoms with Gasteiger partial charge in [0.2, 0.25) is 0 Å². The van der Waals surface area contributed by atoms with Gasteiger partial charge in [-0.05, 0) is 59.7 Å². The number of nitrogens with zero attached hydrogens (tertiary/aromatic N) is 3. The van der Waals surface area contributed by atoms with Crippen LogP contribution in [0.1, 0.15) is 18.1 Å². The van der Waals surface area contributed by atoms with Crippen LogP contribution in [-0.4, -0.2) is 16.5 Å². The van der Waals surface area contributed by atoms with Crippen molar-refractivity contribution in [3.05, 3.63) is 118 Å². The molecule has 1 aliphatic rings. The van der Waals surface area contributed by atoms with Crippen LogP contribution >= 0.6 is 0 Å². The molecule has 4 aromatic rings. The number of fused-ring (bicyclic) bond motifs is 1. The van der Waals surface area contributed by atoms with E-state index in [4.69, 9.17) is 4.74 Å². The van der Waals surface area contributed by atoms with Crippen LogP contribution in [0.25, 0.3) is 16.8 Å². The van der Waals surface area contributed by atoms with Crippen molar-refractivity contribution in [3.63, 3.8) is 0 Å². The fraction of sp³-hybridized carbons (Fsp3) is 0.0714. The number of nitro groups is 1. The minimum atomic E-state index is -0.431. The highest BCUT2D eigenvalue weighted by Gasteiger charge is 2.29. The summed E-state index contributed by atoms with van der Waals surface area (Å²) < 4.78 is 6.14. The predicted molar refractivity (Wildman–Crippen MR) is 136 cm³/mol. The molecule has 0 radical (unpaired) electrons. The van der Waals surface area contributed by atoms with E-state index in [1.165, 1.54) is 17.1 Å². The van der Waals surface area contributed by atoms with Gasteiger partial charge in [0.05, 0.1) is 21.9 Å². The number of ether oxygens (including phenoxy) is 1. The lowest BCUT2D eigenvalue weighted by atomic mass is 9.99. The molecule has 0 unspecified atom stereocenters. The molecule has 0 spiro atoms. The first-order valence-corrected chi connectivity index (χ1v) is 11.1. The molecule has 0 fully saturated rings. The van der Waals surface area contributed by atoms with Crippen molar-refractivity contribution >= 4 is 39.8 Å². The Morgan fingerprint density at radius 2 is 1.66 bits per heavy atom. The van der Waals surface area contributed by atoms with Crippen molar-refractivity contribution in [2.45, 2.75) is 13.5 Å². The van der Waals surface area contributed by atoms with Gasteiger partial charge in [0.15, 0.2) is 0 Å². The summed E-state index contributed by atoms with van der Waals surface area (Å²) in [6, 6.07) is 27.3. The third-order valence-electron chi connectivity index (χ3n) is 5.82. The minimum Gasteiger partial charge on any atom is -0.488 e. The van der Waals surface area contributed by atoms with Crippen LogP contribution in [0.4, 0.5) is 11.4 Å². The highest BCUT2D eigenvalue weighted by atomic mass is 16.6. The van der Waals surface area contributed by atoms with Crippen LogP contribution in [-0.2, 0) is 11.4 Å². The molecule has 7 heteroatoms. The highest BCUT2D eigenvalue weighted by molar-refractivity contribution is 6.32. The highest BCUT2D eigenvalue weighted by Crippen LogP contribution is 2.33. The Kier molecular flexibility index (Phi) is 5.81. The van der Waals surface area contributed by atoms with Gasteiger partial charge in [-0.2, -0.15) is 10.1 Å². The predicted octanol–water partition coefficient (Wildman–Crippen LogP) is 6.13. The summed E-state index contributed by atoms with van der Waals surface area (Å²) in [6.07, 6.45) is 1.83. The standard InChI is InChI=1S/C28H21N3O4/c1-19-25(28(32)30(29-19)22-8-3-2-4-9-22)17-26-24-10-6-5-7-21(24)13-16-27(26)35-18-20-11-14-23(15-12-20)31(33)34/h2-17H,18H2,1H3/b25-17+. The van der Waals surface area contributed by atoms with Gasteiger partial charge < -0.3 is 4.74 Å². The summed E-state index contributed by atoms with van der Waals surface area (Å²) in [5.74, 6) is 0.399. The second-order valence-electron chi connectivity index (χ2n) is 8.11. The molecule has 7 nitrogen and oxygen atoms in total. The minimum absolute atomic E-state index is 0.0300. The number of amides is 1. The SMILES string of the molecule is CC1=NN(c2ccccc2)C(=O)/C1=C/c1c(OCc2ccc([N+](=O)[O-])cc2)ccc2ccccc12. The van der Waals surface area contributed by atoms with Gasteiger partial charge in [-0.3, -0.25) is 14.9 Å². The molecule has 4 aromatic carbocycles. The maximum atomic E-state index is 13.3. The number of carbonyl (C=O) groups excluding carboxylic acids is 1. The maximum Gasteiger partial charge on any atom is 0.280 e. The summed E-state index contributed by atoms with van der Waals surface area (Å²) in [7, 11) is 0. The lowest BCUT2D eigenvalue weighted by Crippen LogP contribution is -2.21. The molecule has 0 saturated heterocycles. The molecule has 0 aromatic heterocycles. The number of anilines is 1. The lowest BCUT2D eigenvalue weighted by Gasteiger charge is -2.14. The van der Waals surface area contributed by atoms with Gasteiger partial charge >= 0.3 is 0 Å². The molecular weight excluding hydrogens is 442 g/mol. The van der Waals surface area contributed by atoms with Crippen LogP contribution in [0.15, 0.2) is 102 Å². The first-order valence-electron chi connectivity index (χ1n) is 11.1. The van der Waals surface area contributed by atoms with Gasteiger partial charge in [-0.25, -0.2) is 0 Å². The van der Waals surface area contributed by atoms with Crippen molar-refractivity contribution in [2.24, 2.45) is 5.10 Å². The normalized spacial score (nSPS) is 14.4. The summed E-state index contributed by atoms with van der Waals surface area (Å²) >= 11 is 0. The number of non-ortho nitro benzene ring substituents is 1. The molecule has 1 heterocycles. The van der Waals surface area contributed by atoms with Crippen molar-refractivity contribution in [1.29, 1.82) is 0 Å². The van der Waals surface area contributed by atoms with Gasteiger partial charge in [-0.15, -0.1) is 0 Å². The van der Waals surface area contributed by atoms with E-state index in [0.717, 1.165) is 21.9 Å². The molecule has 0 saturated carbocycles. The monoisotopic (exact) mass is 463 g/mol. The summed E-state index contributed by atoms with van der Waals surface area (Å²) in [5, 5.41) is 18.8. The van der Waals surface area contributed by atoms with Crippen molar-refractivity contribution in [1.82, 2.24) is 0 Å². The first-order chi connectivity index (χ1) is 17.0. The Labute approximate surface area is 201 Å². The van der Waals surface area contributed by atoms with Gasteiger partial charge in [0.1, 0.15) is 12.4 Å². The largest absolute Gasteiger partial charge is 0.488 e. The van der Waals surface area contributed by atoms with Crippen molar-refractivity contribution in [2.75, 3.05) is 5.01 Å². The number of rotatable bonds is 6. The number of hydrogen-bond acceptors (Lipinski definition) is 5. The average molecular weight is 463 g/mol. The molecule has 5 rings (SSSR count). The van der Waals surface area contributed by atoms with E-state index in [-0.39, 0.29) is 18.2 Å². The van der Waals surface area contributed by atoms with Gasteiger partial charge in [0, 0.05) is 17.7 Å². The Morgan fingerprint density at radius 1 is 0.943 bits per heavy atom. The summed E-state index contributed by atoms with van der Waals surface area (Å²) in [5.41, 5.74) is 3.42. The van der Waals surface area contributed by atoms with E-state index < -0.39 is 4.92 Å². The molecule has 0 aliphatic carbocycles. The maximum absolute atomic E-state index is 13.3. The van der Waals surface area contributed by atoms with E-state index in [1.807, 2.05) is 79.7 Å². The fourth-order valence-corrected chi connectivity index (χ4v) is 4.00. The van der Waals surface area contributed by atoms with Gasteiger partial charge in [0.25, 0.3) is 11.6 Å². The van der Waals surface area contributed by atoms with Gasteiger partial charge in [-0.1, -0.05) is 48.5 Å². The van der Waals surface area contributed by atoms with E-state index in [2.05, 4.69) is 5.10 Å². The Hall–Kier alpha value is -4.78. The molecule has 0 atom stereocenters. The third kappa shape index (κ3) is 4.39. The van der Waals surface area contributed by atoms with Crippen LogP contribution in [0, 0.1) is 10.1 Å². The topological polar surface area (TPSA) is 85.0 Å². The van der Waals surface area contributed by atoms with Crippen LogP contribution < -0.4 is 9.75 Å². The molecule has 0 N–H and O–H groups in total. The van der Waals surface area contributed by atoms with E-state index in [1.54, 1.807) is 12.1 Å². The molecule has 172 valence electrons. The van der Waals surface area contributed by atoms with E-state index >= 15 is 0 Å². The molecule has 0 bridgehead atoms. The Balaban J connectivity index is 1.51. The zero-order valence-electron chi connectivity index (χ0n) is 18.9. The summed E-state index contributed by atoms with van der Waals surface area (Å²) in [6.45, 7) is 2.04. The van der Waals surface area contributed by atoms with Crippen LogP contribution in [0.2, 0.25) is 0 Å². The van der Waals surface area contributed by atoms with Crippen molar-refractivity contribution < 1.29 is 14.5 Å². The van der Waals surface area contributed by atoms with Crippen LogP contribution in [0.5, 0.6) is 5.75 Å². The number of carbonyl (C=O) groups is 1. The zero-order chi connectivity index (χ0) is 24.4. The average Bonchev–Trinajstić information content (AvgIpc) is 3.17. The molecule has 1 aliphatic heterocycles. The van der Waals surface area contributed by atoms with E-state index in [9.17, 15) is 14.9 Å². The smallest absolute Gasteiger partial charge is 0.280 e. The van der Waals surface area contributed by atoms with Crippen molar-refractivity contribution in [3.8, 4) is 5.75 Å².